The quantitative estimate of drug-likeness (QED) is 0.560. The van der Waals surface area contributed by atoms with Crippen molar-refractivity contribution in [2.45, 2.75) is 64.8 Å². The van der Waals surface area contributed by atoms with E-state index in [9.17, 15) is 9.90 Å². The number of nitrogens with zero attached hydrogens (tertiary/aromatic N) is 2. The normalized spacial score (nSPS) is 15.7. The van der Waals surface area contributed by atoms with Crippen LogP contribution in [0.1, 0.15) is 73.4 Å². The van der Waals surface area contributed by atoms with Crippen LogP contribution in [0.3, 0.4) is 0 Å². The average molecular weight is 418 g/mol. The number of aryl methyl sites for hydroxylation is 2. The molecule has 162 valence electrons. The number of rotatable bonds is 6. The molecule has 0 radical (unpaired) electrons. The van der Waals surface area contributed by atoms with Crippen LogP contribution < -0.4 is 4.90 Å². The number of anilines is 1. The van der Waals surface area contributed by atoms with Crippen LogP contribution in [0.5, 0.6) is 5.75 Å². The van der Waals surface area contributed by atoms with Gasteiger partial charge in [-0.25, -0.2) is 0 Å². The summed E-state index contributed by atoms with van der Waals surface area (Å²) in [5.41, 5.74) is 6.39. The number of aromatic hydroxyl groups is 1. The highest BCUT2D eigenvalue weighted by atomic mass is 16.3. The Morgan fingerprint density at radius 3 is 2.71 bits per heavy atom. The highest BCUT2D eigenvalue weighted by Gasteiger charge is 2.31. The van der Waals surface area contributed by atoms with Crippen molar-refractivity contribution in [3.05, 3.63) is 76.6 Å². The molecule has 1 aliphatic rings. The predicted octanol–water partition coefficient (Wildman–Crippen LogP) is 5.45. The first-order chi connectivity index (χ1) is 15.0. The van der Waals surface area contributed by atoms with Gasteiger partial charge in [0.25, 0.3) is 0 Å². The lowest BCUT2D eigenvalue weighted by molar-refractivity contribution is -0.120. The van der Waals surface area contributed by atoms with Crippen LogP contribution in [0.2, 0.25) is 0 Å². The maximum atomic E-state index is 13.9. The maximum Gasteiger partial charge on any atom is 0.234 e. The smallest absolute Gasteiger partial charge is 0.234 e. The van der Waals surface area contributed by atoms with Crippen molar-refractivity contribution in [2.75, 3.05) is 4.90 Å². The van der Waals surface area contributed by atoms with Crippen molar-refractivity contribution in [3.63, 3.8) is 0 Å². The number of phenolic OH excluding ortho intramolecular Hbond substituents is 1. The molecular weight excluding hydrogens is 386 g/mol. The van der Waals surface area contributed by atoms with E-state index in [0.717, 1.165) is 53.8 Å². The summed E-state index contributed by atoms with van der Waals surface area (Å²) in [5.74, 6) is 0.605. The van der Waals surface area contributed by atoms with Crippen molar-refractivity contribution < 1.29 is 9.90 Å². The third-order valence-electron chi connectivity index (χ3n) is 6.37. The molecule has 1 amide bonds. The average Bonchev–Trinajstić information content (AvgIpc) is 3.23. The van der Waals surface area contributed by atoms with Gasteiger partial charge in [-0.05, 0) is 72.6 Å². The molecule has 1 aromatic heterocycles. The summed E-state index contributed by atoms with van der Waals surface area (Å²) >= 11 is 0. The van der Waals surface area contributed by atoms with Gasteiger partial charge in [0, 0.05) is 16.9 Å². The van der Waals surface area contributed by atoms with E-state index in [2.05, 4.69) is 55.2 Å². The zero-order chi connectivity index (χ0) is 22.0. The minimum absolute atomic E-state index is 0.104. The molecule has 0 bridgehead atoms. The maximum absolute atomic E-state index is 13.9. The van der Waals surface area contributed by atoms with E-state index >= 15 is 0 Å². The molecule has 31 heavy (non-hydrogen) atoms. The van der Waals surface area contributed by atoms with Gasteiger partial charge in [0.2, 0.25) is 5.91 Å². The van der Waals surface area contributed by atoms with Gasteiger partial charge in [-0.1, -0.05) is 39.0 Å². The number of carbonyl (C=O) groups is 1. The first kappa shape index (κ1) is 21.2. The zero-order valence-electron chi connectivity index (χ0n) is 18.6. The second-order valence-corrected chi connectivity index (χ2v) is 8.73. The third-order valence-corrected chi connectivity index (χ3v) is 6.37. The minimum Gasteiger partial charge on any atom is -0.508 e. The lowest BCUT2D eigenvalue weighted by Crippen LogP contribution is -2.36. The van der Waals surface area contributed by atoms with Gasteiger partial charge in [-0.15, -0.1) is 0 Å². The number of benzene rings is 2. The topological polar surface area (TPSA) is 69.2 Å². The number of hydrogen-bond donors (Lipinski definition) is 2. The molecule has 0 fully saturated rings. The van der Waals surface area contributed by atoms with Crippen LogP contribution in [-0.4, -0.2) is 21.2 Å². The third kappa shape index (κ3) is 4.36. The summed E-state index contributed by atoms with van der Waals surface area (Å²) in [4.78, 5) is 15.8. The first-order valence-electron chi connectivity index (χ1n) is 11.2. The van der Waals surface area contributed by atoms with Crippen molar-refractivity contribution in [1.82, 2.24) is 10.2 Å². The molecule has 3 aromatic rings. The monoisotopic (exact) mass is 417 g/mol. The van der Waals surface area contributed by atoms with Crippen LogP contribution in [0, 0.1) is 0 Å². The van der Waals surface area contributed by atoms with E-state index in [0.29, 0.717) is 12.5 Å². The number of nitrogens with one attached hydrogen (secondary N) is 1. The molecule has 0 saturated carbocycles. The largest absolute Gasteiger partial charge is 0.508 e. The molecule has 1 unspecified atom stereocenters. The highest BCUT2D eigenvalue weighted by molar-refractivity contribution is 5.98. The molecule has 5 heteroatoms. The molecule has 1 heterocycles. The summed E-state index contributed by atoms with van der Waals surface area (Å²) in [6.45, 7) is 6.92. The summed E-state index contributed by atoms with van der Waals surface area (Å²) in [6.07, 6.45) is 5.34. The van der Waals surface area contributed by atoms with Crippen molar-refractivity contribution in [3.8, 4) is 5.75 Å². The van der Waals surface area contributed by atoms with Gasteiger partial charge < -0.3 is 10.0 Å². The standard InChI is InChI=1S/C26H31N3O2/c1-4-25-20(15-27-28-25)16-29(21-10-8-18(9-11-21)17(2)3)26(31)24-7-5-6-19-14-22(30)12-13-23(19)24/h8-15,17,24,30H,4-7,16H2,1-3H3,(H,27,28). The van der Waals surface area contributed by atoms with E-state index in [4.69, 9.17) is 0 Å². The first-order valence-corrected chi connectivity index (χ1v) is 11.2. The van der Waals surface area contributed by atoms with Crippen LogP contribution >= 0.6 is 0 Å². The van der Waals surface area contributed by atoms with E-state index < -0.39 is 0 Å². The van der Waals surface area contributed by atoms with Crippen LogP contribution in [0.4, 0.5) is 5.69 Å². The molecule has 0 saturated heterocycles. The SMILES string of the molecule is CCc1[nH]ncc1CN(C(=O)C1CCCc2cc(O)ccc21)c1ccc(C(C)C)cc1. The molecule has 1 atom stereocenters. The number of hydrogen-bond acceptors (Lipinski definition) is 3. The van der Waals surface area contributed by atoms with E-state index in [1.165, 1.54) is 5.56 Å². The Kier molecular flexibility index (Phi) is 6.12. The number of aromatic nitrogens is 2. The Morgan fingerprint density at radius 1 is 1.23 bits per heavy atom. The Morgan fingerprint density at radius 2 is 2.00 bits per heavy atom. The Labute approximate surface area is 184 Å². The molecule has 4 rings (SSSR count). The van der Waals surface area contributed by atoms with Crippen molar-refractivity contribution in [2.24, 2.45) is 0 Å². The molecule has 2 aromatic carbocycles. The Hall–Kier alpha value is -3.08. The number of H-pyrrole nitrogens is 1. The Bertz CT molecular complexity index is 1050. The van der Waals surface area contributed by atoms with Crippen molar-refractivity contribution >= 4 is 11.6 Å². The zero-order valence-corrected chi connectivity index (χ0v) is 18.6. The summed E-state index contributed by atoms with van der Waals surface area (Å²) in [6, 6.07) is 13.8. The fraction of sp³-hybridized carbons (Fsp3) is 0.385. The lowest BCUT2D eigenvalue weighted by Gasteiger charge is -2.31. The predicted molar refractivity (Wildman–Crippen MR) is 123 cm³/mol. The number of aromatic amines is 1. The summed E-state index contributed by atoms with van der Waals surface area (Å²) in [7, 11) is 0. The van der Waals surface area contributed by atoms with E-state index in [-0.39, 0.29) is 17.6 Å². The van der Waals surface area contributed by atoms with Gasteiger partial charge in [-0.3, -0.25) is 9.89 Å². The molecule has 1 aliphatic carbocycles. The Balaban J connectivity index is 1.71. The van der Waals surface area contributed by atoms with E-state index in [1.54, 1.807) is 6.07 Å². The second kappa shape index (κ2) is 8.96. The van der Waals surface area contributed by atoms with Crippen LogP contribution in [-0.2, 0) is 24.2 Å². The van der Waals surface area contributed by atoms with Crippen LogP contribution in [0.15, 0.2) is 48.7 Å². The highest BCUT2D eigenvalue weighted by Crippen LogP contribution is 2.36. The van der Waals surface area contributed by atoms with Gasteiger partial charge in [-0.2, -0.15) is 5.10 Å². The van der Waals surface area contributed by atoms with Crippen molar-refractivity contribution in [1.29, 1.82) is 0 Å². The fourth-order valence-electron chi connectivity index (χ4n) is 4.53. The minimum atomic E-state index is -0.203. The number of phenols is 1. The summed E-state index contributed by atoms with van der Waals surface area (Å²) < 4.78 is 0. The van der Waals surface area contributed by atoms with Crippen LogP contribution in [0.25, 0.3) is 0 Å². The van der Waals surface area contributed by atoms with Gasteiger partial charge in [0.1, 0.15) is 5.75 Å². The number of fused-ring (bicyclic) bond motifs is 1. The molecule has 0 aliphatic heterocycles. The molecular formula is C26H31N3O2. The van der Waals surface area contributed by atoms with Gasteiger partial charge in [0.05, 0.1) is 18.7 Å². The van der Waals surface area contributed by atoms with E-state index in [1.807, 2.05) is 23.2 Å². The second-order valence-electron chi connectivity index (χ2n) is 8.73. The molecule has 2 N–H and O–H groups in total. The lowest BCUT2D eigenvalue weighted by atomic mass is 9.81. The summed E-state index contributed by atoms with van der Waals surface area (Å²) in [5, 5.41) is 17.2. The van der Waals surface area contributed by atoms with Gasteiger partial charge >= 0.3 is 0 Å². The molecule has 5 nitrogen and oxygen atoms in total. The number of amides is 1. The van der Waals surface area contributed by atoms with Gasteiger partial charge in [0.15, 0.2) is 0 Å². The molecule has 0 spiro atoms. The fourth-order valence-corrected chi connectivity index (χ4v) is 4.53. The number of carbonyl (C=O) groups excluding carboxylic acids is 1.